The lowest BCUT2D eigenvalue weighted by Gasteiger charge is -2.06. The number of thioether (sulfide) groups is 1. The second-order valence-electron chi connectivity index (χ2n) is 7.25. The number of nitrogens with zero attached hydrogens (tertiary/aromatic N) is 3. The van der Waals surface area contributed by atoms with Crippen LogP contribution in [0, 0.1) is 20.2 Å². The summed E-state index contributed by atoms with van der Waals surface area (Å²) < 4.78 is 11.0. The van der Waals surface area contributed by atoms with Gasteiger partial charge >= 0.3 is 5.69 Å². The number of carbonyl (C=O) groups is 1. The molecule has 36 heavy (non-hydrogen) atoms. The van der Waals surface area contributed by atoms with Gasteiger partial charge < -0.3 is 14.8 Å². The average molecular weight is 506 g/mol. The number of hydrogen-bond acceptors (Lipinski definition) is 9. The number of aliphatic imine (C=N–C) groups is 1. The summed E-state index contributed by atoms with van der Waals surface area (Å²) in [6.07, 6.45) is 1.68. The van der Waals surface area contributed by atoms with Gasteiger partial charge in [-0.2, -0.15) is 0 Å². The number of amidine groups is 1. The molecule has 1 fully saturated rings. The Kier molecular flexibility index (Phi) is 7.25. The highest BCUT2D eigenvalue weighted by atomic mass is 32.2. The highest BCUT2D eigenvalue weighted by Crippen LogP contribution is 2.35. The van der Waals surface area contributed by atoms with Crippen LogP contribution in [0.3, 0.4) is 0 Å². The number of ether oxygens (including phenoxy) is 2. The molecule has 11 nitrogen and oxygen atoms in total. The van der Waals surface area contributed by atoms with E-state index in [1.807, 2.05) is 6.92 Å². The van der Waals surface area contributed by atoms with Crippen molar-refractivity contribution >= 4 is 46.0 Å². The van der Waals surface area contributed by atoms with E-state index >= 15 is 0 Å². The fourth-order valence-electron chi connectivity index (χ4n) is 3.14. The highest BCUT2D eigenvalue weighted by molar-refractivity contribution is 8.18. The van der Waals surface area contributed by atoms with Gasteiger partial charge in [0.15, 0.2) is 5.17 Å². The number of carbonyl (C=O) groups excluding carboxylic acids is 1. The van der Waals surface area contributed by atoms with Gasteiger partial charge in [0, 0.05) is 6.07 Å². The number of nitro benzene ring substituents is 2. The molecule has 12 heteroatoms. The van der Waals surface area contributed by atoms with Gasteiger partial charge in [-0.05, 0) is 72.8 Å². The molecule has 0 aromatic heterocycles. The standard InChI is InChI=1S/C24H18N4O7S/c1-2-34-18-10-5-16(6-11-18)25-24-26-23(29)22(36-24)13-15-3-8-19(9-4-15)35-21-12-7-17(27(30)31)14-20(21)28(32)33/h3-14H,2H2,1H3,(H,25,26,29)/b22-13+. The highest BCUT2D eigenvalue weighted by Gasteiger charge is 2.24. The Hall–Kier alpha value is -4.71. The van der Waals surface area contributed by atoms with Gasteiger partial charge in [-0.1, -0.05) is 12.1 Å². The van der Waals surface area contributed by atoms with Crippen LogP contribution < -0.4 is 14.8 Å². The van der Waals surface area contributed by atoms with Crippen molar-refractivity contribution in [3.05, 3.63) is 97.4 Å². The fourth-order valence-corrected chi connectivity index (χ4v) is 3.98. The molecule has 1 heterocycles. The third-order valence-electron chi connectivity index (χ3n) is 4.78. The first-order valence-electron chi connectivity index (χ1n) is 10.6. The first-order chi connectivity index (χ1) is 17.3. The van der Waals surface area contributed by atoms with E-state index in [-0.39, 0.29) is 17.4 Å². The van der Waals surface area contributed by atoms with Gasteiger partial charge in [0.05, 0.1) is 33.1 Å². The molecule has 1 saturated heterocycles. The van der Waals surface area contributed by atoms with Crippen LogP contribution in [0.1, 0.15) is 12.5 Å². The number of benzene rings is 3. The molecule has 0 bridgehead atoms. The second-order valence-corrected chi connectivity index (χ2v) is 8.28. The summed E-state index contributed by atoms with van der Waals surface area (Å²) in [4.78, 5) is 38.0. The second kappa shape index (κ2) is 10.7. The molecule has 1 N–H and O–H groups in total. The fraction of sp³-hybridized carbons (Fsp3) is 0.0833. The van der Waals surface area contributed by atoms with E-state index in [1.54, 1.807) is 54.6 Å². The third-order valence-corrected chi connectivity index (χ3v) is 5.69. The number of non-ortho nitro benzene ring substituents is 1. The molecule has 1 aliphatic rings. The van der Waals surface area contributed by atoms with Crippen LogP contribution in [0.15, 0.2) is 76.6 Å². The van der Waals surface area contributed by atoms with E-state index in [4.69, 9.17) is 9.47 Å². The van der Waals surface area contributed by atoms with Crippen LogP contribution in [0.4, 0.5) is 17.1 Å². The number of hydrogen-bond donors (Lipinski definition) is 1. The largest absolute Gasteiger partial charge is 0.494 e. The molecule has 3 aromatic carbocycles. The van der Waals surface area contributed by atoms with Crippen molar-refractivity contribution < 1.29 is 24.1 Å². The minimum absolute atomic E-state index is 0.127. The van der Waals surface area contributed by atoms with Crippen molar-refractivity contribution in [2.45, 2.75) is 6.92 Å². The predicted octanol–water partition coefficient (Wildman–Crippen LogP) is 5.59. The molecule has 0 unspecified atom stereocenters. The minimum Gasteiger partial charge on any atom is -0.494 e. The van der Waals surface area contributed by atoms with Gasteiger partial charge in [-0.3, -0.25) is 25.0 Å². The van der Waals surface area contributed by atoms with Crippen LogP contribution in [0.25, 0.3) is 6.08 Å². The predicted molar refractivity (Wildman–Crippen MR) is 135 cm³/mol. The normalized spacial score (nSPS) is 15.1. The monoisotopic (exact) mass is 506 g/mol. The maximum Gasteiger partial charge on any atom is 0.318 e. The van der Waals surface area contributed by atoms with Crippen molar-refractivity contribution in [1.29, 1.82) is 0 Å². The molecule has 0 spiro atoms. The summed E-state index contributed by atoms with van der Waals surface area (Å²) in [6, 6.07) is 16.8. The van der Waals surface area contributed by atoms with Gasteiger partial charge in [-0.25, -0.2) is 4.99 Å². The first-order valence-corrected chi connectivity index (χ1v) is 11.4. The Morgan fingerprint density at radius 1 is 0.972 bits per heavy atom. The lowest BCUT2D eigenvalue weighted by atomic mass is 10.2. The molecule has 0 saturated carbocycles. The Labute approximate surface area is 208 Å². The lowest BCUT2D eigenvalue weighted by molar-refractivity contribution is -0.394. The Morgan fingerprint density at radius 2 is 1.67 bits per heavy atom. The van der Waals surface area contributed by atoms with Crippen LogP contribution in [-0.4, -0.2) is 27.5 Å². The van der Waals surface area contributed by atoms with E-state index < -0.39 is 21.2 Å². The van der Waals surface area contributed by atoms with Crippen molar-refractivity contribution in [1.82, 2.24) is 5.32 Å². The third kappa shape index (κ3) is 5.85. The maximum atomic E-state index is 12.4. The van der Waals surface area contributed by atoms with Gasteiger partial charge in [0.1, 0.15) is 11.5 Å². The summed E-state index contributed by atoms with van der Waals surface area (Å²) in [7, 11) is 0. The summed E-state index contributed by atoms with van der Waals surface area (Å²) >= 11 is 1.20. The molecule has 0 radical (unpaired) electrons. The summed E-state index contributed by atoms with van der Waals surface area (Å²) in [5, 5.41) is 25.3. The van der Waals surface area contributed by atoms with E-state index in [1.165, 1.54) is 17.8 Å². The van der Waals surface area contributed by atoms with Crippen molar-refractivity contribution in [2.75, 3.05) is 6.61 Å². The van der Waals surface area contributed by atoms with Gasteiger partial charge in [-0.15, -0.1) is 0 Å². The molecule has 0 atom stereocenters. The molecular formula is C24H18N4O7S. The zero-order valence-electron chi connectivity index (χ0n) is 18.7. The molecular weight excluding hydrogens is 488 g/mol. The number of nitrogens with one attached hydrogen (secondary N) is 1. The molecule has 3 aromatic rings. The number of amides is 1. The van der Waals surface area contributed by atoms with Crippen molar-refractivity contribution in [2.24, 2.45) is 4.99 Å². The Balaban J connectivity index is 1.46. The average Bonchev–Trinajstić information content (AvgIpc) is 3.20. The quantitative estimate of drug-likeness (QED) is 0.236. The van der Waals surface area contributed by atoms with Gasteiger partial charge in [0.2, 0.25) is 5.75 Å². The molecule has 182 valence electrons. The molecule has 0 aliphatic carbocycles. The summed E-state index contributed by atoms with van der Waals surface area (Å²) in [5.74, 6) is 0.611. The first kappa shape index (κ1) is 24.4. The van der Waals surface area contributed by atoms with Gasteiger partial charge in [0.25, 0.3) is 11.6 Å². The SMILES string of the molecule is CCOc1ccc(N=C2NC(=O)/C(=C\c3ccc(Oc4ccc([N+](=O)[O-])cc4[N+](=O)[O-])cc3)S2)cc1. The van der Waals surface area contributed by atoms with Crippen LogP contribution >= 0.6 is 11.8 Å². The zero-order chi connectivity index (χ0) is 25.7. The van der Waals surface area contributed by atoms with E-state index in [2.05, 4.69) is 10.3 Å². The smallest absolute Gasteiger partial charge is 0.318 e. The number of rotatable bonds is 8. The maximum absolute atomic E-state index is 12.4. The Bertz CT molecular complexity index is 1390. The zero-order valence-corrected chi connectivity index (χ0v) is 19.6. The summed E-state index contributed by atoms with van der Waals surface area (Å²) in [5.41, 5.74) is 0.437. The lowest BCUT2D eigenvalue weighted by Crippen LogP contribution is -2.19. The number of nitro groups is 2. The van der Waals surface area contributed by atoms with Crippen molar-refractivity contribution in [3.63, 3.8) is 0 Å². The molecule has 1 amide bonds. The van der Waals surface area contributed by atoms with Crippen LogP contribution in [0.5, 0.6) is 17.2 Å². The topological polar surface area (TPSA) is 146 Å². The molecule has 1 aliphatic heterocycles. The Morgan fingerprint density at radius 3 is 2.31 bits per heavy atom. The molecule has 4 rings (SSSR count). The van der Waals surface area contributed by atoms with E-state index in [0.717, 1.165) is 17.9 Å². The van der Waals surface area contributed by atoms with Crippen LogP contribution in [-0.2, 0) is 4.79 Å². The minimum atomic E-state index is -0.747. The van der Waals surface area contributed by atoms with E-state index in [9.17, 15) is 25.0 Å². The summed E-state index contributed by atoms with van der Waals surface area (Å²) in [6.45, 7) is 2.47. The van der Waals surface area contributed by atoms with E-state index in [0.29, 0.717) is 27.9 Å². The van der Waals surface area contributed by atoms with Crippen LogP contribution in [0.2, 0.25) is 0 Å². The van der Waals surface area contributed by atoms with Crippen molar-refractivity contribution in [3.8, 4) is 17.2 Å².